The number of halogens is 1. The Kier molecular flexibility index (Phi) is 6.21. The molecule has 2 N–H and O–H groups in total. The Morgan fingerprint density at radius 1 is 1.16 bits per heavy atom. The van der Waals surface area contributed by atoms with Crippen molar-refractivity contribution in [3.8, 4) is 5.75 Å². The van der Waals surface area contributed by atoms with Gasteiger partial charge in [0.25, 0.3) is 0 Å². The summed E-state index contributed by atoms with van der Waals surface area (Å²) in [4.78, 5) is 12.3. The summed E-state index contributed by atoms with van der Waals surface area (Å²) in [6, 6.07) is 10.6. The lowest BCUT2D eigenvalue weighted by atomic mass is 10.2. The van der Waals surface area contributed by atoms with Gasteiger partial charge in [0.1, 0.15) is 5.75 Å². The number of anilines is 1. The molecule has 2 aromatic rings. The van der Waals surface area contributed by atoms with Crippen LogP contribution in [0.15, 0.2) is 51.8 Å². The largest absolute Gasteiger partial charge is 0.496 e. The third-order valence-corrected chi connectivity index (χ3v) is 5.58. The van der Waals surface area contributed by atoms with Gasteiger partial charge in [0.05, 0.1) is 18.0 Å². The van der Waals surface area contributed by atoms with Gasteiger partial charge in [0, 0.05) is 10.2 Å². The van der Waals surface area contributed by atoms with Crippen molar-refractivity contribution < 1.29 is 17.9 Å². The molecule has 1 atom stereocenters. The lowest BCUT2D eigenvalue weighted by molar-refractivity contribution is -0.117. The highest BCUT2D eigenvalue weighted by molar-refractivity contribution is 9.10. The van der Waals surface area contributed by atoms with Crippen LogP contribution in [0.25, 0.3) is 0 Å². The summed E-state index contributed by atoms with van der Waals surface area (Å²) in [7, 11) is -2.31. The van der Waals surface area contributed by atoms with E-state index in [2.05, 4.69) is 26.0 Å². The van der Waals surface area contributed by atoms with Gasteiger partial charge in [-0.25, -0.2) is 8.42 Å². The monoisotopic (exact) mass is 426 g/mol. The fourth-order valence-electron chi connectivity index (χ4n) is 2.16. The Morgan fingerprint density at radius 3 is 2.36 bits per heavy atom. The summed E-state index contributed by atoms with van der Waals surface area (Å²) >= 11 is 3.31. The van der Waals surface area contributed by atoms with Gasteiger partial charge in [0.2, 0.25) is 15.9 Å². The number of hydrogen-bond acceptors (Lipinski definition) is 4. The highest BCUT2D eigenvalue weighted by Gasteiger charge is 2.22. The van der Waals surface area contributed by atoms with Crippen molar-refractivity contribution in [1.29, 1.82) is 0 Å². The molecule has 0 aliphatic carbocycles. The molecule has 0 radical (unpaired) electrons. The molecule has 0 aromatic heterocycles. The first-order valence-electron chi connectivity index (χ1n) is 7.46. The Balaban J connectivity index is 2.09. The fraction of sp³-hybridized carbons (Fsp3) is 0.235. The molecule has 6 nitrogen and oxygen atoms in total. The van der Waals surface area contributed by atoms with Crippen molar-refractivity contribution in [3.05, 3.63) is 52.5 Å². The minimum Gasteiger partial charge on any atom is -0.496 e. The lowest BCUT2D eigenvalue weighted by Crippen LogP contribution is -2.41. The standard InChI is InChI=1S/C17H19BrN2O4S/c1-11-10-15(8-9-16(11)24-3)25(22,23)20-12(2)17(21)19-14-6-4-13(18)5-7-14/h4-10,12,20H,1-3H3,(H,19,21)/t12-/m1/s1. The van der Waals surface area contributed by atoms with Gasteiger partial charge in [-0.15, -0.1) is 0 Å². The van der Waals surface area contributed by atoms with Crippen molar-refractivity contribution in [2.75, 3.05) is 12.4 Å². The topological polar surface area (TPSA) is 84.5 Å². The van der Waals surface area contributed by atoms with Crippen LogP contribution in [0.3, 0.4) is 0 Å². The number of methoxy groups -OCH3 is 1. The highest BCUT2D eigenvalue weighted by atomic mass is 79.9. The van der Waals surface area contributed by atoms with Gasteiger partial charge >= 0.3 is 0 Å². The highest BCUT2D eigenvalue weighted by Crippen LogP contribution is 2.21. The van der Waals surface area contributed by atoms with Crippen LogP contribution in [0.1, 0.15) is 12.5 Å². The number of sulfonamides is 1. The van der Waals surface area contributed by atoms with E-state index < -0.39 is 22.0 Å². The number of ether oxygens (including phenoxy) is 1. The first-order valence-corrected chi connectivity index (χ1v) is 9.74. The number of nitrogens with one attached hydrogen (secondary N) is 2. The van der Waals surface area contributed by atoms with E-state index in [1.165, 1.54) is 26.2 Å². The van der Waals surface area contributed by atoms with Crippen LogP contribution in [-0.2, 0) is 14.8 Å². The second kappa shape index (κ2) is 7.99. The van der Waals surface area contributed by atoms with E-state index in [1.807, 2.05) is 0 Å². The van der Waals surface area contributed by atoms with Crippen LogP contribution >= 0.6 is 15.9 Å². The zero-order valence-electron chi connectivity index (χ0n) is 14.0. The fourth-order valence-corrected chi connectivity index (χ4v) is 3.71. The SMILES string of the molecule is COc1ccc(S(=O)(=O)N[C@H](C)C(=O)Nc2ccc(Br)cc2)cc1C. The van der Waals surface area contributed by atoms with E-state index in [-0.39, 0.29) is 4.90 Å². The number of amides is 1. The molecule has 0 aliphatic heterocycles. The number of hydrogen-bond donors (Lipinski definition) is 2. The summed E-state index contributed by atoms with van der Waals surface area (Å²) < 4.78 is 33.3. The minimum absolute atomic E-state index is 0.0779. The van der Waals surface area contributed by atoms with E-state index >= 15 is 0 Å². The van der Waals surface area contributed by atoms with E-state index in [0.717, 1.165) is 4.47 Å². The molecule has 8 heteroatoms. The van der Waals surface area contributed by atoms with Gasteiger partial charge in [-0.2, -0.15) is 4.72 Å². The number of carbonyl (C=O) groups excluding carboxylic acids is 1. The number of rotatable bonds is 6. The second-order valence-electron chi connectivity index (χ2n) is 5.47. The molecule has 0 saturated heterocycles. The van der Waals surface area contributed by atoms with Gasteiger partial charge in [-0.05, 0) is 61.9 Å². The third kappa shape index (κ3) is 5.04. The van der Waals surface area contributed by atoms with E-state index in [4.69, 9.17) is 4.74 Å². The van der Waals surface area contributed by atoms with Gasteiger partial charge in [-0.3, -0.25) is 4.79 Å². The number of aryl methyl sites for hydroxylation is 1. The number of carbonyl (C=O) groups is 1. The van der Waals surface area contributed by atoms with E-state index in [9.17, 15) is 13.2 Å². The summed E-state index contributed by atoms with van der Waals surface area (Å²) in [6.45, 7) is 3.24. The van der Waals surface area contributed by atoms with Crippen LogP contribution < -0.4 is 14.8 Å². The maximum absolute atomic E-state index is 12.5. The second-order valence-corrected chi connectivity index (χ2v) is 8.10. The maximum Gasteiger partial charge on any atom is 0.242 e. The van der Waals surface area contributed by atoms with Crippen LogP contribution in [0, 0.1) is 6.92 Å². The lowest BCUT2D eigenvalue weighted by Gasteiger charge is -2.15. The molecular formula is C17H19BrN2O4S. The molecule has 0 aliphatic rings. The zero-order chi connectivity index (χ0) is 18.6. The zero-order valence-corrected chi connectivity index (χ0v) is 16.4. The summed E-state index contributed by atoms with van der Waals surface area (Å²) in [6.07, 6.45) is 0. The minimum atomic E-state index is -3.82. The molecule has 0 unspecified atom stereocenters. The van der Waals surface area contributed by atoms with Crippen LogP contribution in [0.4, 0.5) is 5.69 Å². The van der Waals surface area contributed by atoms with Gasteiger partial charge in [-0.1, -0.05) is 15.9 Å². The van der Waals surface area contributed by atoms with Crippen molar-refractivity contribution in [1.82, 2.24) is 4.72 Å². The summed E-state index contributed by atoms with van der Waals surface area (Å²) in [5.41, 5.74) is 1.27. The Hall–Kier alpha value is -1.90. The third-order valence-electron chi connectivity index (χ3n) is 3.51. The van der Waals surface area contributed by atoms with Crippen molar-refractivity contribution >= 4 is 37.5 Å². The maximum atomic E-state index is 12.5. The Bertz CT molecular complexity index is 867. The molecule has 0 saturated carbocycles. The Labute approximate surface area is 155 Å². The molecule has 0 heterocycles. The van der Waals surface area contributed by atoms with Crippen molar-refractivity contribution in [2.24, 2.45) is 0 Å². The first-order chi connectivity index (χ1) is 11.7. The molecule has 0 bridgehead atoms. The molecule has 2 aromatic carbocycles. The molecule has 0 spiro atoms. The van der Waals surface area contributed by atoms with Gasteiger partial charge in [0.15, 0.2) is 0 Å². The van der Waals surface area contributed by atoms with Crippen molar-refractivity contribution in [2.45, 2.75) is 24.8 Å². The molecule has 2 rings (SSSR count). The summed E-state index contributed by atoms with van der Waals surface area (Å²) in [5, 5.41) is 2.67. The normalized spacial score (nSPS) is 12.5. The average Bonchev–Trinajstić information content (AvgIpc) is 2.56. The molecular weight excluding hydrogens is 408 g/mol. The quantitative estimate of drug-likeness (QED) is 0.742. The molecule has 134 valence electrons. The van der Waals surface area contributed by atoms with Crippen LogP contribution in [0.5, 0.6) is 5.75 Å². The molecule has 1 amide bonds. The van der Waals surface area contributed by atoms with E-state index in [0.29, 0.717) is 17.0 Å². The summed E-state index contributed by atoms with van der Waals surface area (Å²) in [5.74, 6) is 0.149. The molecule has 0 fully saturated rings. The van der Waals surface area contributed by atoms with Crippen LogP contribution in [0.2, 0.25) is 0 Å². The predicted octanol–water partition coefficient (Wildman–Crippen LogP) is 3.07. The first kappa shape index (κ1) is 19.4. The Morgan fingerprint density at radius 2 is 1.80 bits per heavy atom. The van der Waals surface area contributed by atoms with Gasteiger partial charge < -0.3 is 10.1 Å². The van der Waals surface area contributed by atoms with E-state index in [1.54, 1.807) is 37.3 Å². The number of benzene rings is 2. The van der Waals surface area contributed by atoms with Crippen molar-refractivity contribution in [3.63, 3.8) is 0 Å². The molecule has 25 heavy (non-hydrogen) atoms. The average molecular weight is 427 g/mol. The predicted molar refractivity (Wildman–Crippen MR) is 100 cm³/mol. The van der Waals surface area contributed by atoms with Crippen LogP contribution in [-0.4, -0.2) is 27.5 Å². The smallest absolute Gasteiger partial charge is 0.242 e.